The molecule has 2 aliphatic heterocycles. The maximum Gasteiger partial charge on any atom is 0.243 e. The second-order valence-corrected chi connectivity index (χ2v) is 15.7. The van der Waals surface area contributed by atoms with E-state index < -0.39 is 44.1 Å². The van der Waals surface area contributed by atoms with Crippen molar-refractivity contribution in [1.29, 1.82) is 0 Å². The number of nitrogens with zero attached hydrogens (tertiary/aromatic N) is 2. The molecule has 9 heteroatoms. The molecule has 0 bridgehead atoms. The van der Waals surface area contributed by atoms with Crippen LogP contribution in [0.5, 0.6) is 0 Å². The standard InChI is InChI=1S/C35H36N2O5S2/c1-24-9-15-28(16-10-24)33-22-35(38)31-23-36(43(39,40)29-17-11-25(2)12-18-29)32(27-7-5-4-6-8-27)21-34(31)37(33)44(41,42)30-19-13-26(3)14-20-30/h4-20,31-34H,21-23H2,1-3H3/t31-,32+,33+,34+/m1/s1. The molecule has 0 amide bonds. The highest BCUT2D eigenvalue weighted by molar-refractivity contribution is 7.89. The Morgan fingerprint density at radius 1 is 0.591 bits per heavy atom. The van der Waals surface area contributed by atoms with Gasteiger partial charge < -0.3 is 0 Å². The van der Waals surface area contributed by atoms with Gasteiger partial charge in [0.1, 0.15) is 5.78 Å². The van der Waals surface area contributed by atoms with E-state index in [4.69, 9.17) is 0 Å². The van der Waals surface area contributed by atoms with Gasteiger partial charge in [-0.1, -0.05) is 95.6 Å². The summed E-state index contributed by atoms with van der Waals surface area (Å²) in [6.07, 6.45) is 0.0999. The molecule has 44 heavy (non-hydrogen) atoms. The predicted molar refractivity (Wildman–Crippen MR) is 170 cm³/mol. The van der Waals surface area contributed by atoms with Crippen LogP contribution in [0, 0.1) is 26.7 Å². The van der Waals surface area contributed by atoms with Crippen molar-refractivity contribution in [3.63, 3.8) is 0 Å². The lowest BCUT2D eigenvalue weighted by molar-refractivity contribution is -0.132. The van der Waals surface area contributed by atoms with Crippen molar-refractivity contribution >= 4 is 25.8 Å². The Hall–Kier alpha value is -3.63. The minimum absolute atomic E-state index is 0.0380. The number of fused-ring (bicyclic) bond motifs is 1. The number of hydrogen-bond donors (Lipinski definition) is 0. The van der Waals surface area contributed by atoms with Crippen molar-refractivity contribution < 1.29 is 21.6 Å². The minimum Gasteiger partial charge on any atom is -0.299 e. The molecule has 2 fully saturated rings. The van der Waals surface area contributed by atoms with Gasteiger partial charge in [-0.05, 0) is 62.6 Å². The zero-order valence-corrected chi connectivity index (χ0v) is 26.6. The van der Waals surface area contributed by atoms with Crippen molar-refractivity contribution in [3.05, 3.63) is 131 Å². The summed E-state index contributed by atoms with van der Waals surface area (Å²) in [5.41, 5.74) is 4.39. The molecule has 7 nitrogen and oxygen atoms in total. The highest BCUT2D eigenvalue weighted by Crippen LogP contribution is 2.48. The zero-order valence-electron chi connectivity index (χ0n) is 25.0. The smallest absolute Gasteiger partial charge is 0.243 e. The summed E-state index contributed by atoms with van der Waals surface area (Å²) in [5, 5.41) is 0. The molecule has 0 spiro atoms. The van der Waals surface area contributed by atoms with Crippen molar-refractivity contribution in [1.82, 2.24) is 8.61 Å². The molecule has 2 saturated heterocycles. The van der Waals surface area contributed by atoms with Crippen LogP contribution >= 0.6 is 0 Å². The third-order valence-corrected chi connectivity index (χ3v) is 12.8. The van der Waals surface area contributed by atoms with Crippen LogP contribution in [0.25, 0.3) is 0 Å². The SMILES string of the molecule is Cc1ccc([C@@H]2CC(=O)[C@@H]3CN(S(=O)(=O)c4ccc(C)cc4)[C@H](c4ccccc4)C[C@@H]3N2S(=O)(=O)c2ccc(C)cc2)cc1. The first-order valence-corrected chi connectivity index (χ1v) is 17.7. The van der Waals surface area contributed by atoms with Crippen LogP contribution < -0.4 is 0 Å². The van der Waals surface area contributed by atoms with Crippen LogP contribution in [0.2, 0.25) is 0 Å². The number of rotatable bonds is 6. The maximum absolute atomic E-state index is 14.6. The topological polar surface area (TPSA) is 91.8 Å². The molecule has 0 aliphatic carbocycles. The number of ketones is 1. The molecule has 228 valence electrons. The molecule has 4 atom stereocenters. The van der Waals surface area contributed by atoms with Gasteiger partial charge in [0.25, 0.3) is 0 Å². The summed E-state index contributed by atoms with van der Waals surface area (Å²) in [4.78, 5) is 14.3. The molecule has 0 N–H and O–H groups in total. The van der Waals surface area contributed by atoms with E-state index in [0.717, 1.165) is 27.8 Å². The minimum atomic E-state index is -4.08. The van der Waals surface area contributed by atoms with Crippen LogP contribution in [0.15, 0.2) is 113 Å². The van der Waals surface area contributed by atoms with Gasteiger partial charge in [0.2, 0.25) is 20.0 Å². The van der Waals surface area contributed by atoms with Crippen LogP contribution in [0.1, 0.15) is 52.7 Å². The number of Topliss-reactive ketones (excluding diaryl/α,β-unsaturated/α-hetero) is 1. The number of carbonyl (C=O) groups excluding carboxylic acids is 1. The quantitative estimate of drug-likeness (QED) is 0.256. The van der Waals surface area contributed by atoms with E-state index in [1.807, 2.05) is 75.4 Å². The van der Waals surface area contributed by atoms with Gasteiger partial charge in [-0.15, -0.1) is 0 Å². The molecule has 2 aliphatic rings. The summed E-state index contributed by atoms with van der Waals surface area (Å²) in [6, 6.07) is 28.2. The Balaban J connectivity index is 1.50. The van der Waals surface area contributed by atoms with Gasteiger partial charge in [0.05, 0.1) is 21.9 Å². The zero-order chi connectivity index (χ0) is 31.2. The number of carbonyl (C=O) groups is 1. The summed E-state index contributed by atoms with van der Waals surface area (Å²) in [5.74, 6) is -0.955. The van der Waals surface area contributed by atoms with Gasteiger partial charge in [-0.25, -0.2) is 16.8 Å². The third-order valence-electron chi connectivity index (χ3n) is 8.97. The average molecular weight is 629 g/mol. The number of benzene rings is 4. The average Bonchev–Trinajstić information content (AvgIpc) is 3.01. The fourth-order valence-electron chi connectivity index (χ4n) is 6.53. The van der Waals surface area contributed by atoms with Gasteiger partial charge in [-0.3, -0.25) is 4.79 Å². The van der Waals surface area contributed by atoms with Crippen molar-refractivity contribution in [3.8, 4) is 0 Å². The molecule has 2 heterocycles. The fraction of sp³-hybridized carbons (Fsp3) is 0.286. The monoisotopic (exact) mass is 628 g/mol. The molecule has 0 aromatic heterocycles. The van der Waals surface area contributed by atoms with E-state index in [2.05, 4.69) is 0 Å². The van der Waals surface area contributed by atoms with Crippen molar-refractivity contribution in [2.45, 2.75) is 61.5 Å². The molecule has 4 aromatic carbocycles. The first kappa shape index (κ1) is 30.4. The highest BCUT2D eigenvalue weighted by Gasteiger charge is 2.54. The molecule has 0 radical (unpaired) electrons. The normalized spacial score (nSPS) is 23.3. The maximum atomic E-state index is 14.6. The Bertz CT molecular complexity index is 1870. The predicted octanol–water partition coefficient (Wildman–Crippen LogP) is 6.14. The fourth-order valence-corrected chi connectivity index (χ4v) is 10.0. The van der Waals surface area contributed by atoms with Crippen LogP contribution in [-0.4, -0.2) is 43.8 Å². The van der Waals surface area contributed by atoms with Gasteiger partial charge in [0.15, 0.2) is 0 Å². The largest absolute Gasteiger partial charge is 0.299 e. The van der Waals surface area contributed by atoms with E-state index in [9.17, 15) is 21.6 Å². The summed E-state index contributed by atoms with van der Waals surface area (Å²) < 4.78 is 60.5. The lowest BCUT2D eigenvalue weighted by Crippen LogP contribution is -2.60. The molecular weight excluding hydrogens is 593 g/mol. The van der Waals surface area contributed by atoms with Crippen molar-refractivity contribution in [2.75, 3.05) is 6.54 Å². The van der Waals surface area contributed by atoms with E-state index in [1.54, 1.807) is 48.5 Å². The first-order chi connectivity index (χ1) is 21.0. The Kier molecular flexibility index (Phi) is 8.09. The summed E-state index contributed by atoms with van der Waals surface area (Å²) in [7, 11) is -8.10. The Morgan fingerprint density at radius 3 is 1.61 bits per heavy atom. The van der Waals surface area contributed by atoms with Gasteiger partial charge in [0, 0.05) is 24.9 Å². The molecule has 0 saturated carbocycles. The number of hydrogen-bond acceptors (Lipinski definition) is 5. The van der Waals surface area contributed by atoms with Crippen LogP contribution in [0.4, 0.5) is 0 Å². The lowest BCUT2D eigenvalue weighted by Gasteiger charge is -2.51. The second kappa shape index (κ2) is 11.7. The molecule has 0 unspecified atom stereocenters. The van der Waals surface area contributed by atoms with Crippen LogP contribution in [-0.2, 0) is 24.8 Å². The number of aryl methyl sites for hydroxylation is 3. The van der Waals surface area contributed by atoms with Gasteiger partial charge in [-0.2, -0.15) is 8.61 Å². The first-order valence-electron chi connectivity index (χ1n) is 14.8. The Morgan fingerprint density at radius 2 is 1.07 bits per heavy atom. The second-order valence-electron chi connectivity index (χ2n) is 12.0. The van der Waals surface area contributed by atoms with Crippen molar-refractivity contribution in [2.24, 2.45) is 5.92 Å². The van der Waals surface area contributed by atoms with E-state index in [-0.39, 0.29) is 35.0 Å². The third kappa shape index (κ3) is 5.54. The molecular formula is C35H36N2O5S2. The lowest BCUT2D eigenvalue weighted by atomic mass is 9.77. The summed E-state index contributed by atoms with van der Waals surface area (Å²) >= 11 is 0. The van der Waals surface area contributed by atoms with E-state index in [0.29, 0.717) is 0 Å². The van der Waals surface area contributed by atoms with E-state index >= 15 is 0 Å². The van der Waals surface area contributed by atoms with Crippen LogP contribution in [0.3, 0.4) is 0 Å². The molecule has 6 rings (SSSR count). The number of piperidine rings is 2. The van der Waals surface area contributed by atoms with Gasteiger partial charge >= 0.3 is 0 Å². The highest BCUT2D eigenvalue weighted by atomic mass is 32.2. The number of sulfonamides is 2. The Labute approximate surface area is 260 Å². The molecule has 4 aromatic rings. The van der Waals surface area contributed by atoms with E-state index in [1.165, 1.54) is 8.61 Å². The summed E-state index contributed by atoms with van der Waals surface area (Å²) in [6.45, 7) is 5.64.